The molecule has 3 rings (SSSR count). The van der Waals surface area contributed by atoms with E-state index in [1.165, 1.54) is 43.5 Å². The molecule has 1 amide bonds. The van der Waals surface area contributed by atoms with E-state index in [0.29, 0.717) is 11.5 Å². The van der Waals surface area contributed by atoms with Crippen molar-refractivity contribution >= 4 is 21.6 Å². The Balaban J connectivity index is 1.72. The van der Waals surface area contributed by atoms with E-state index in [4.69, 9.17) is 9.47 Å². The number of halogens is 1. The molecule has 0 aliphatic rings. The minimum Gasteiger partial charge on any atom is -0.497 e. The molecule has 0 spiro atoms. The Morgan fingerprint density at radius 2 is 1.67 bits per heavy atom. The first-order valence-corrected chi connectivity index (χ1v) is 11.6. The van der Waals surface area contributed by atoms with E-state index in [9.17, 15) is 17.6 Å². The number of hydrogen-bond donors (Lipinski definition) is 1. The molecular formula is C24H25FN2O5S. The average molecular weight is 473 g/mol. The summed E-state index contributed by atoms with van der Waals surface area (Å²) < 4.78 is 51.7. The highest BCUT2D eigenvalue weighted by molar-refractivity contribution is 7.92. The standard InChI is InChI=1S/C24H25FN2O5S/c1-18-5-3-4-6-23(18)32-16-15-26-24(28)17-27(20-9-7-19(25)8-10-20)33(29,30)22-13-11-21(31-2)12-14-22/h3-14H,15-17H2,1-2H3,(H,26,28). The number of hydrogen-bond acceptors (Lipinski definition) is 5. The fraction of sp³-hybridized carbons (Fsp3) is 0.208. The number of anilines is 1. The van der Waals surface area contributed by atoms with E-state index in [0.717, 1.165) is 22.0 Å². The molecule has 9 heteroatoms. The number of methoxy groups -OCH3 is 1. The van der Waals surface area contributed by atoms with Crippen molar-refractivity contribution in [3.63, 3.8) is 0 Å². The van der Waals surface area contributed by atoms with Crippen LogP contribution in [0.25, 0.3) is 0 Å². The molecule has 0 aliphatic carbocycles. The zero-order valence-corrected chi connectivity index (χ0v) is 19.1. The number of carbonyl (C=O) groups excluding carboxylic acids is 1. The number of nitrogens with one attached hydrogen (secondary N) is 1. The first kappa shape index (κ1) is 24.1. The van der Waals surface area contributed by atoms with Crippen LogP contribution < -0.4 is 19.1 Å². The van der Waals surface area contributed by atoms with Gasteiger partial charge in [-0.1, -0.05) is 18.2 Å². The van der Waals surface area contributed by atoms with Crippen molar-refractivity contribution in [3.05, 3.63) is 84.2 Å². The molecule has 0 heterocycles. The van der Waals surface area contributed by atoms with Crippen molar-refractivity contribution < 1.29 is 27.1 Å². The fourth-order valence-electron chi connectivity index (χ4n) is 3.05. The van der Waals surface area contributed by atoms with Crippen LogP contribution in [0.15, 0.2) is 77.7 Å². The van der Waals surface area contributed by atoms with Crippen molar-refractivity contribution in [3.8, 4) is 11.5 Å². The third kappa shape index (κ3) is 6.23. The van der Waals surface area contributed by atoms with Crippen molar-refractivity contribution in [2.75, 3.05) is 31.1 Å². The highest BCUT2D eigenvalue weighted by atomic mass is 32.2. The smallest absolute Gasteiger partial charge is 0.264 e. The second-order valence-corrected chi connectivity index (χ2v) is 8.99. The summed E-state index contributed by atoms with van der Waals surface area (Å²) in [5.74, 6) is 0.165. The van der Waals surface area contributed by atoms with Gasteiger partial charge in [0.15, 0.2) is 0 Å². The van der Waals surface area contributed by atoms with E-state index < -0.39 is 28.3 Å². The van der Waals surface area contributed by atoms with Crippen molar-refractivity contribution in [1.29, 1.82) is 0 Å². The Labute approximate surface area is 192 Å². The zero-order valence-electron chi connectivity index (χ0n) is 18.3. The van der Waals surface area contributed by atoms with Crippen molar-refractivity contribution in [2.24, 2.45) is 0 Å². The highest BCUT2D eigenvalue weighted by Crippen LogP contribution is 2.25. The number of nitrogens with zero attached hydrogens (tertiary/aromatic N) is 1. The number of para-hydroxylation sites is 1. The third-order valence-corrected chi connectivity index (χ3v) is 6.61. The Bertz CT molecular complexity index is 1180. The Morgan fingerprint density at radius 3 is 2.30 bits per heavy atom. The zero-order chi connectivity index (χ0) is 23.8. The van der Waals surface area contributed by atoms with Crippen LogP contribution in [0.2, 0.25) is 0 Å². The molecule has 174 valence electrons. The van der Waals surface area contributed by atoms with Gasteiger partial charge in [-0.05, 0) is 67.1 Å². The van der Waals surface area contributed by atoms with Gasteiger partial charge in [-0.25, -0.2) is 12.8 Å². The summed E-state index contributed by atoms with van der Waals surface area (Å²) in [6.45, 7) is 1.84. The van der Waals surface area contributed by atoms with Gasteiger partial charge in [0.05, 0.1) is 24.2 Å². The van der Waals surface area contributed by atoms with Crippen LogP contribution in [0.1, 0.15) is 5.56 Å². The number of rotatable bonds is 10. The number of ether oxygens (including phenoxy) is 2. The Hall–Kier alpha value is -3.59. The second-order valence-electron chi connectivity index (χ2n) is 7.13. The van der Waals surface area contributed by atoms with Gasteiger partial charge < -0.3 is 14.8 Å². The molecule has 3 aromatic carbocycles. The van der Waals surface area contributed by atoms with Gasteiger partial charge in [-0.15, -0.1) is 0 Å². The van der Waals surface area contributed by atoms with Gasteiger partial charge in [0.1, 0.15) is 30.5 Å². The van der Waals surface area contributed by atoms with E-state index in [1.54, 1.807) is 0 Å². The van der Waals surface area contributed by atoms with Gasteiger partial charge in [-0.3, -0.25) is 9.10 Å². The molecule has 7 nitrogen and oxygen atoms in total. The molecule has 0 aromatic heterocycles. The van der Waals surface area contributed by atoms with Crippen LogP contribution in [0.5, 0.6) is 11.5 Å². The second kappa shape index (κ2) is 10.8. The predicted molar refractivity (Wildman–Crippen MR) is 124 cm³/mol. The van der Waals surface area contributed by atoms with Crippen molar-refractivity contribution in [1.82, 2.24) is 5.32 Å². The largest absolute Gasteiger partial charge is 0.497 e. The molecule has 0 saturated heterocycles. The quantitative estimate of drug-likeness (QED) is 0.457. The summed E-state index contributed by atoms with van der Waals surface area (Å²) in [5.41, 5.74) is 1.13. The minimum atomic E-state index is -4.10. The minimum absolute atomic E-state index is 0.0247. The van der Waals surface area contributed by atoms with Gasteiger partial charge in [0.2, 0.25) is 5.91 Å². The van der Waals surface area contributed by atoms with Gasteiger partial charge >= 0.3 is 0 Å². The third-order valence-electron chi connectivity index (χ3n) is 4.82. The Kier molecular flexibility index (Phi) is 7.89. The maximum absolute atomic E-state index is 13.4. The molecular weight excluding hydrogens is 447 g/mol. The molecule has 0 bridgehead atoms. The molecule has 0 fully saturated rings. The van der Waals surface area contributed by atoms with Crippen LogP contribution in [-0.4, -0.2) is 41.1 Å². The van der Waals surface area contributed by atoms with Gasteiger partial charge in [-0.2, -0.15) is 0 Å². The Morgan fingerprint density at radius 1 is 1.00 bits per heavy atom. The monoisotopic (exact) mass is 472 g/mol. The summed E-state index contributed by atoms with van der Waals surface area (Å²) in [5, 5.41) is 2.66. The van der Waals surface area contributed by atoms with Gasteiger partial charge in [0.25, 0.3) is 10.0 Å². The van der Waals surface area contributed by atoms with Crippen molar-refractivity contribution in [2.45, 2.75) is 11.8 Å². The average Bonchev–Trinajstić information content (AvgIpc) is 2.82. The summed E-state index contributed by atoms with van der Waals surface area (Å²) >= 11 is 0. The van der Waals surface area contributed by atoms with E-state index in [1.807, 2.05) is 31.2 Å². The van der Waals surface area contributed by atoms with Gasteiger partial charge in [0, 0.05) is 0 Å². The number of sulfonamides is 1. The number of carbonyl (C=O) groups is 1. The lowest BCUT2D eigenvalue weighted by Crippen LogP contribution is -2.41. The van der Waals surface area contributed by atoms with Crippen LogP contribution in [0.3, 0.4) is 0 Å². The molecule has 1 N–H and O–H groups in total. The topological polar surface area (TPSA) is 84.9 Å². The first-order chi connectivity index (χ1) is 15.8. The molecule has 33 heavy (non-hydrogen) atoms. The lowest BCUT2D eigenvalue weighted by atomic mass is 10.2. The highest BCUT2D eigenvalue weighted by Gasteiger charge is 2.27. The van der Waals surface area contributed by atoms with Crippen LogP contribution >= 0.6 is 0 Å². The predicted octanol–water partition coefficient (Wildman–Crippen LogP) is 3.53. The maximum Gasteiger partial charge on any atom is 0.264 e. The first-order valence-electron chi connectivity index (χ1n) is 10.2. The molecule has 0 radical (unpaired) electrons. The lowest BCUT2D eigenvalue weighted by molar-refractivity contribution is -0.119. The molecule has 0 unspecified atom stereocenters. The molecule has 3 aromatic rings. The molecule has 0 atom stereocenters. The maximum atomic E-state index is 13.4. The normalized spacial score (nSPS) is 11.0. The summed E-state index contributed by atoms with van der Waals surface area (Å²) in [6.07, 6.45) is 0. The summed E-state index contributed by atoms with van der Waals surface area (Å²) in [6, 6.07) is 18.2. The van der Waals surface area contributed by atoms with E-state index in [-0.39, 0.29) is 23.7 Å². The number of amides is 1. The molecule has 0 aliphatic heterocycles. The number of benzene rings is 3. The summed E-state index contributed by atoms with van der Waals surface area (Å²) in [7, 11) is -2.63. The fourth-order valence-corrected chi connectivity index (χ4v) is 4.47. The van der Waals surface area contributed by atoms with E-state index >= 15 is 0 Å². The SMILES string of the molecule is COc1ccc(S(=O)(=O)N(CC(=O)NCCOc2ccccc2C)c2ccc(F)cc2)cc1. The molecule has 0 saturated carbocycles. The van der Waals surface area contributed by atoms with Crippen LogP contribution in [0.4, 0.5) is 10.1 Å². The lowest BCUT2D eigenvalue weighted by Gasteiger charge is -2.24. The van der Waals surface area contributed by atoms with Crippen LogP contribution in [-0.2, 0) is 14.8 Å². The van der Waals surface area contributed by atoms with Crippen LogP contribution in [0, 0.1) is 12.7 Å². The van der Waals surface area contributed by atoms with E-state index in [2.05, 4.69) is 5.32 Å². The number of aryl methyl sites for hydroxylation is 1. The summed E-state index contributed by atoms with van der Waals surface area (Å²) in [4.78, 5) is 12.6.